The summed E-state index contributed by atoms with van der Waals surface area (Å²) < 4.78 is 0. The van der Waals surface area contributed by atoms with Crippen LogP contribution in [0.15, 0.2) is 72.3 Å². The van der Waals surface area contributed by atoms with Crippen LogP contribution in [0.3, 0.4) is 0 Å². The van der Waals surface area contributed by atoms with Crippen LogP contribution in [0.4, 0.5) is 0 Å². The van der Waals surface area contributed by atoms with E-state index in [0.29, 0.717) is 24.1 Å². The summed E-state index contributed by atoms with van der Waals surface area (Å²) in [7, 11) is 0. The number of hydrogen-bond acceptors (Lipinski definition) is 4. The lowest BCUT2D eigenvalue weighted by atomic mass is 9.94. The van der Waals surface area contributed by atoms with Crippen LogP contribution in [-0.2, 0) is 9.59 Å². The van der Waals surface area contributed by atoms with Gasteiger partial charge in [0, 0.05) is 12.1 Å². The van der Waals surface area contributed by atoms with E-state index in [1.54, 1.807) is 24.3 Å². The van der Waals surface area contributed by atoms with Gasteiger partial charge < -0.3 is 15.1 Å². The molecule has 3 aromatic carbocycles. The highest BCUT2D eigenvalue weighted by atomic mass is 16.3. The fourth-order valence-corrected chi connectivity index (χ4v) is 3.89. The Morgan fingerprint density at radius 3 is 2.45 bits per heavy atom. The predicted molar refractivity (Wildman–Crippen MR) is 111 cm³/mol. The number of Topliss-reactive ketones (excluding diaryl/α,β-unsaturated/α-hetero) is 1. The number of carbonyl (C=O) groups excluding carboxylic acids is 2. The summed E-state index contributed by atoms with van der Waals surface area (Å²) in [5.74, 6) is -1.52. The molecule has 0 aliphatic carbocycles. The van der Waals surface area contributed by atoms with Gasteiger partial charge in [-0.2, -0.15) is 0 Å². The Morgan fingerprint density at radius 1 is 0.966 bits per heavy atom. The molecule has 5 heteroatoms. The van der Waals surface area contributed by atoms with Gasteiger partial charge in [-0.05, 0) is 41.0 Å². The standard InChI is InChI=1S/C24H21NO4/c1-2-12-25-21(17-8-5-9-19(26)14-17)20(23(28)24(25)29)22(27)18-11-10-15-6-3-4-7-16(15)13-18/h3-11,13-14,21,26-27H,2,12H2,1H3/b22-20-. The first-order valence-corrected chi connectivity index (χ1v) is 9.57. The number of carbonyl (C=O) groups is 2. The molecule has 1 unspecified atom stereocenters. The molecule has 4 rings (SSSR count). The Balaban J connectivity index is 1.91. The second kappa shape index (κ2) is 7.43. The van der Waals surface area contributed by atoms with Crippen molar-refractivity contribution in [1.29, 1.82) is 0 Å². The summed E-state index contributed by atoms with van der Waals surface area (Å²) >= 11 is 0. The van der Waals surface area contributed by atoms with Crippen LogP contribution in [0.5, 0.6) is 5.75 Å². The van der Waals surface area contributed by atoms with Crippen molar-refractivity contribution in [2.24, 2.45) is 0 Å². The van der Waals surface area contributed by atoms with E-state index in [-0.39, 0.29) is 17.1 Å². The van der Waals surface area contributed by atoms with Gasteiger partial charge in [-0.15, -0.1) is 0 Å². The number of aliphatic hydroxyl groups is 1. The highest BCUT2D eigenvalue weighted by molar-refractivity contribution is 6.46. The molecule has 1 aliphatic heterocycles. The summed E-state index contributed by atoms with van der Waals surface area (Å²) in [4.78, 5) is 27.0. The molecule has 5 nitrogen and oxygen atoms in total. The molecule has 2 N–H and O–H groups in total. The van der Waals surface area contributed by atoms with Crippen molar-refractivity contribution in [2.75, 3.05) is 6.54 Å². The first kappa shape index (κ1) is 18.7. The van der Waals surface area contributed by atoms with E-state index in [2.05, 4.69) is 0 Å². The molecule has 0 radical (unpaired) electrons. The number of rotatable bonds is 4. The predicted octanol–water partition coefficient (Wildman–Crippen LogP) is 4.38. The zero-order chi connectivity index (χ0) is 20.5. The molecule has 1 saturated heterocycles. The maximum atomic E-state index is 12.9. The number of fused-ring (bicyclic) bond motifs is 1. The third-order valence-electron chi connectivity index (χ3n) is 5.21. The van der Waals surface area contributed by atoms with E-state index in [9.17, 15) is 19.8 Å². The smallest absolute Gasteiger partial charge is 0.295 e. The lowest BCUT2D eigenvalue weighted by molar-refractivity contribution is -0.139. The van der Waals surface area contributed by atoms with Crippen molar-refractivity contribution in [3.8, 4) is 5.75 Å². The number of benzene rings is 3. The molecule has 0 spiro atoms. The highest BCUT2D eigenvalue weighted by Gasteiger charge is 2.45. The average Bonchev–Trinajstić information content (AvgIpc) is 2.98. The average molecular weight is 387 g/mol. The number of nitrogens with zero attached hydrogens (tertiary/aromatic N) is 1. The molecule has 0 aromatic heterocycles. The molecule has 1 atom stereocenters. The molecule has 1 heterocycles. The summed E-state index contributed by atoms with van der Waals surface area (Å²) in [5, 5.41) is 22.9. The molecule has 0 saturated carbocycles. The van der Waals surface area contributed by atoms with Crippen molar-refractivity contribution in [1.82, 2.24) is 4.90 Å². The number of likely N-dealkylation sites (tertiary alicyclic amines) is 1. The summed E-state index contributed by atoms with van der Waals surface area (Å²) in [6.07, 6.45) is 0.665. The number of ketones is 1. The number of phenols is 1. The fraction of sp³-hybridized carbons (Fsp3) is 0.167. The Bertz CT molecular complexity index is 1150. The second-order valence-electron chi connectivity index (χ2n) is 7.15. The lowest BCUT2D eigenvalue weighted by Crippen LogP contribution is -2.30. The van der Waals surface area contributed by atoms with Crippen LogP contribution < -0.4 is 0 Å². The largest absolute Gasteiger partial charge is 0.508 e. The lowest BCUT2D eigenvalue weighted by Gasteiger charge is -2.25. The molecule has 146 valence electrons. The van der Waals surface area contributed by atoms with Crippen LogP contribution in [0.25, 0.3) is 16.5 Å². The van der Waals surface area contributed by atoms with E-state index in [1.165, 1.54) is 17.0 Å². The topological polar surface area (TPSA) is 77.8 Å². The van der Waals surface area contributed by atoms with Crippen LogP contribution in [0.1, 0.15) is 30.5 Å². The normalized spacial score (nSPS) is 18.5. The number of phenolic OH excluding ortho intramolecular Hbond substituents is 1. The summed E-state index contributed by atoms with van der Waals surface area (Å²) in [6, 6.07) is 18.8. The van der Waals surface area contributed by atoms with Crippen molar-refractivity contribution in [2.45, 2.75) is 19.4 Å². The first-order valence-electron chi connectivity index (χ1n) is 9.57. The first-order chi connectivity index (χ1) is 14.0. The van der Waals surface area contributed by atoms with E-state index >= 15 is 0 Å². The van der Waals surface area contributed by atoms with Crippen LogP contribution in [0, 0.1) is 0 Å². The van der Waals surface area contributed by atoms with Crippen LogP contribution in [-0.4, -0.2) is 33.3 Å². The van der Waals surface area contributed by atoms with Gasteiger partial charge in [-0.1, -0.05) is 55.5 Å². The maximum absolute atomic E-state index is 12.9. The SMILES string of the molecule is CCCN1C(=O)C(=O)/C(=C(\O)c2ccc3ccccc3c2)C1c1cccc(O)c1. The van der Waals surface area contributed by atoms with Gasteiger partial charge >= 0.3 is 0 Å². The Hall–Kier alpha value is -3.60. The van der Waals surface area contributed by atoms with Gasteiger partial charge in [0.2, 0.25) is 0 Å². The van der Waals surface area contributed by atoms with Gasteiger partial charge in [0.25, 0.3) is 11.7 Å². The maximum Gasteiger partial charge on any atom is 0.295 e. The van der Waals surface area contributed by atoms with E-state index in [0.717, 1.165) is 10.8 Å². The minimum atomic E-state index is -0.742. The van der Waals surface area contributed by atoms with E-state index < -0.39 is 17.7 Å². The number of aliphatic hydroxyl groups excluding tert-OH is 1. The molecular formula is C24H21NO4. The minimum absolute atomic E-state index is 0.0373. The monoisotopic (exact) mass is 387 g/mol. The molecule has 1 amide bonds. The van der Waals surface area contributed by atoms with Crippen molar-refractivity contribution in [3.63, 3.8) is 0 Å². The second-order valence-corrected chi connectivity index (χ2v) is 7.15. The van der Waals surface area contributed by atoms with Gasteiger partial charge in [0.1, 0.15) is 11.5 Å². The molecule has 29 heavy (non-hydrogen) atoms. The van der Waals surface area contributed by atoms with Crippen LogP contribution >= 0.6 is 0 Å². The van der Waals surface area contributed by atoms with Gasteiger partial charge in [-0.3, -0.25) is 9.59 Å². The summed E-state index contributed by atoms with van der Waals surface area (Å²) in [5.41, 5.74) is 1.10. The zero-order valence-electron chi connectivity index (χ0n) is 16.0. The minimum Gasteiger partial charge on any atom is -0.508 e. The highest BCUT2D eigenvalue weighted by Crippen LogP contribution is 2.40. The van der Waals surface area contributed by atoms with E-state index in [1.807, 2.05) is 37.3 Å². The Kier molecular flexibility index (Phi) is 4.80. The quantitative estimate of drug-likeness (QED) is 0.396. The Labute approximate surface area is 168 Å². The third kappa shape index (κ3) is 3.25. The molecule has 0 bridgehead atoms. The van der Waals surface area contributed by atoms with Crippen molar-refractivity contribution in [3.05, 3.63) is 83.4 Å². The zero-order valence-corrected chi connectivity index (χ0v) is 16.0. The molecular weight excluding hydrogens is 366 g/mol. The molecule has 1 aliphatic rings. The molecule has 1 fully saturated rings. The fourth-order valence-electron chi connectivity index (χ4n) is 3.89. The van der Waals surface area contributed by atoms with Crippen molar-refractivity contribution < 1.29 is 19.8 Å². The Morgan fingerprint density at radius 2 is 1.72 bits per heavy atom. The number of amides is 1. The number of aromatic hydroxyl groups is 1. The van der Waals surface area contributed by atoms with E-state index in [4.69, 9.17) is 0 Å². The van der Waals surface area contributed by atoms with Crippen molar-refractivity contribution >= 4 is 28.2 Å². The third-order valence-corrected chi connectivity index (χ3v) is 5.21. The van der Waals surface area contributed by atoms with Gasteiger partial charge in [0.15, 0.2) is 0 Å². The number of hydrogen-bond donors (Lipinski definition) is 2. The van der Waals surface area contributed by atoms with Crippen LogP contribution in [0.2, 0.25) is 0 Å². The van der Waals surface area contributed by atoms with Gasteiger partial charge in [0.05, 0.1) is 11.6 Å². The molecule has 3 aromatic rings. The summed E-state index contributed by atoms with van der Waals surface area (Å²) in [6.45, 7) is 2.29. The van der Waals surface area contributed by atoms with Gasteiger partial charge in [-0.25, -0.2) is 0 Å².